The van der Waals surface area contributed by atoms with Crippen LogP contribution in [0.3, 0.4) is 0 Å². The Kier molecular flexibility index (Phi) is 2.72. The summed E-state index contributed by atoms with van der Waals surface area (Å²) in [5.41, 5.74) is 13.7. The zero-order valence-corrected chi connectivity index (χ0v) is 16.6. The number of pyridine rings is 3. The lowest BCUT2D eigenvalue weighted by molar-refractivity contribution is 1.15. The van der Waals surface area contributed by atoms with Crippen LogP contribution in [0.25, 0.3) is 49.8 Å². The average Bonchev–Trinajstić information content (AvgIpc) is 3.47. The first-order valence-electron chi connectivity index (χ1n) is 10.6. The summed E-state index contributed by atoms with van der Waals surface area (Å²) in [4.78, 5) is 14.2. The van der Waals surface area contributed by atoms with Crippen LogP contribution in [0.4, 0.5) is 0 Å². The monoisotopic (exact) mass is 396 g/mol. The Labute approximate surface area is 177 Å². The Bertz CT molecular complexity index is 1740. The number of rotatable bonds is 0. The second-order valence-corrected chi connectivity index (χ2v) is 8.54. The van der Waals surface area contributed by atoms with Crippen LogP contribution in [0.15, 0.2) is 73.2 Å². The van der Waals surface area contributed by atoms with Gasteiger partial charge in [-0.05, 0) is 58.5 Å². The first-order chi connectivity index (χ1) is 15.4. The van der Waals surface area contributed by atoms with E-state index in [9.17, 15) is 0 Å². The molecule has 0 unspecified atom stereocenters. The van der Waals surface area contributed by atoms with Gasteiger partial charge in [0, 0.05) is 41.3 Å². The van der Waals surface area contributed by atoms with Gasteiger partial charge in [0.15, 0.2) is 0 Å². The molecule has 6 aromatic rings. The van der Waals surface area contributed by atoms with Gasteiger partial charge in [-0.3, -0.25) is 14.4 Å². The second-order valence-electron chi connectivity index (χ2n) is 8.54. The predicted octanol–water partition coefficient (Wildman–Crippen LogP) is 5.57. The van der Waals surface area contributed by atoms with Gasteiger partial charge in [0.2, 0.25) is 0 Å². The number of nitrogens with zero attached hydrogens (tertiary/aromatic N) is 4. The molecule has 0 saturated heterocycles. The summed E-state index contributed by atoms with van der Waals surface area (Å²) in [6, 6.07) is 19.8. The van der Waals surface area contributed by atoms with Crippen molar-refractivity contribution in [3.63, 3.8) is 0 Å². The highest BCUT2D eigenvalue weighted by atomic mass is 15.0. The van der Waals surface area contributed by atoms with Gasteiger partial charge in [0.1, 0.15) is 5.65 Å². The Morgan fingerprint density at radius 3 is 2.68 bits per heavy atom. The molecule has 4 nitrogen and oxygen atoms in total. The van der Waals surface area contributed by atoms with Crippen LogP contribution >= 0.6 is 0 Å². The van der Waals surface area contributed by atoms with E-state index in [1.54, 1.807) is 0 Å². The molecule has 0 atom stereocenters. The summed E-state index contributed by atoms with van der Waals surface area (Å²) in [6.45, 7) is 0. The van der Waals surface area contributed by atoms with Crippen molar-refractivity contribution in [3.05, 3.63) is 95.6 Å². The Morgan fingerprint density at radius 2 is 1.68 bits per heavy atom. The number of hydrogen-bond acceptors (Lipinski definition) is 3. The topological polar surface area (TPSA) is 43.1 Å². The van der Waals surface area contributed by atoms with Crippen LogP contribution in [-0.2, 0) is 12.8 Å². The second kappa shape index (κ2) is 5.35. The number of hydrogen-bond donors (Lipinski definition) is 0. The van der Waals surface area contributed by atoms with E-state index in [1.165, 1.54) is 39.1 Å². The molecule has 4 heterocycles. The van der Waals surface area contributed by atoms with Crippen molar-refractivity contribution in [2.45, 2.75) is 12.8 Å². The molecule has 0 saturated carbocycles. The number of fused-ring (bicyclic) bond motifs is 13. The van der Waals surface area contributed by atoms with Crippen LogP contribution in [0, 0.1) is 0 Å². The van der Waals surface area contributed by atoms with E-state index in [1.807, 2.05) is 24.7 Å². The molecule has 2 aromatic carbocycles. The summed E-state index contributed by atoms with van der Waals surface area (Å²) < 4.78 is 2.32. The molecule has 144 valence electrons. The zero-order chi connectivity index (χ0) is 20.1. The van der Waals surface area contributed by atoms with Gasteiger partial charge in [0.05, 0.1) is 22.4 Å². The first-order valence-corrected chi connectivity index (χ1v) is 10.6. The van der Waals surface area contributed by atoms with E-state index in [2.05, 4.69) is 57.9 Å². The molecule has 0 bridgehead atoms. The zero-order valence-electron chi connectivity index (χ0n) is 16.6. The maximum Gasteiger partial charge on any atom is 0.146 e. The van der Waals surface area contributed by atoms with Crippen molar-refractivity contribution in [2.75, 3.05) is 0 Å². The molecule has 0 aliphatic heterocycles. The van der Waals surface area contributed by atoms with Gasteiger partial charge in [-0.1, -0.05) is 30.3 Å². The first kappa shape index (κ1) is 15.7. The third kappa shape index (κ3) is 1.88. The highest BCUT2D eigenvalue weighted by molar-refractivity contribution is 6.10. The average molecular weight is 396 g/mol. The Morgan fingerprint density at radius 1 is 0.742 bits per heavy atom. The van der Waals surface area contributed by atoms with Gasteiger partial charge < -0.3 is 0 Å². The molecule has 31 heavy (non-hydrogen) atoms. The third-order valence-electron chi connectivity index (χ3n) is 6.92. The quantitative estimate of drug-likeness (QED) is 0.315. The fourth-order valence-corrected chi connectivity index (χ4v) is 5.63. The molecule has 0 spiro atoms. The van der Waals surface area contributed by atoms with Gasteiger partial charge >= 0.3 is 0 Å². The summed E-state index contributed by atoms with van der Waals surface area (Å²) >= 11 is 0. The molecule has 0 radical (unpaired) electrons. The minimum absolute atomic E-state index is 0.879. The van der Waals surface area contributed by atoms with Crippen molar-refractivity contribution >= 4 is 27.5 Å². The van der Waals surface area contributed by atoms with Gasteiger partial charge in [-0.2, -0.15) is 0 Å². The van der Waals surface area contributed by atoms with E-state index < -0.39 is 0 Å². The van der Waals surface area contributed by atoms with E-state index in [0.29, 0.717) is 0 Å². The van der Waals surface area contributed by atoms with Crippen LogP contribution in [0.1, 0.15) is 22.4 Å². The van der Waals surface area contributed by atoms with Crippen molar-refractivity contribution in [2.24, 2.45) is 0 Å². The Hall–Kier alpha value is -4.05. The van der Waals surface area contributed by atoms with E-state index in [0.717, 1.165) is 46.0 Å². The molecule has 2 aliphatic rings. The highest BCUT2D eigenvalue weighted by Crippen LogP contribution is 2.46. The van der Waals surface area contributed by atoms with Crippen molar-refractivity contribution in [3.8, 4) is 22.4 Å². The number of aromatic nitrogens is 4. The minimum Gasteiger partial charge on any atom is -0.290 e. The van der Waals surface area contributed by atoms with Crippen molar-refractivity contribution in [1.29, 1.82) is 0 Å². The molecule has 0 amide bonds. The van der Waals surface area contributed by atoms with Crippen LogP contribution in [-0.4, -0.2) is 19.4 Å². The minimum atomic E-state index is 0.879. The number of benzene rings is 2. The lowest BCUT2D eigenvalue weighted by Crippen LogP contribution is -1.96. The fourth-order valence-electron chi connectivity index (χ4n) is 5.63. The molecule has 4 heteroatoms. The molecule has 4 aromatic heterocycles. The van der Waals surface area contributed by atoms with Gasteiger partial charge in [-0.25, -0.2) is 4.98 Å². The number of imidazole rings is 1. The van der Waals surface area contributed by atoms with Crippen LogP contribution < -0.4 is 0 Å². The standard InChI is InChI=1S/C27H16N4/c1-2-5-18-15(4-1)10-16-11-17-12-23-26(21(17)13-20(16)18)31-24-6-3-8-29-25(24)22-14-28-9-7-19(22)27(31)30-23/h1-9,11,13-14H,10,12H2. The largest absolute Gasteiger partial charge is 0.290 e. The van der Waals surface area contributed by atoms with Gasteiger partial charge in [0.25, 0.3) is 0 Å². The van der Waals surface area contributed by atoms with E-state index in [-0.39, 0.29) is 0 Å². The SMILES string of the molecule is c1ccc2c(c1)Cc1cc3c(cc1-2)-c1c(nc2c4ccncc4c4ncccc4n12)C3. The lowest BCUT2D eigenvalue weighted by Gasteiger charge is -2.11. The summed E-state index contributed by atoms with van der Waals surface area (Å²) in [5, 5.41) is 2.15. The van der Waals surface area contributed by atoms with Crippen molar-refractivity contribution < 1.29 is 0 Å². The maximum absolute atomic E-state index is 5.14. The van der Waals surface area contributed by atoms with Crippen LogP contribution in [0.2, 0.25) is 0 Å². The van der Waals surface area contributed by atoms with Gasteiger partial charge in [-0.15, -0.1) is 0 Å². The smallest absolute Gasteiger partial charge is 0.146 e. The summed E-state index contributed by atoms with van der Waals surface area (Å²) in [5.74, 6) is 0. The van der Waals surface area contributed by atoms with E-state index >= 15 is 0 Å². The predicted molar refractivity (Wildman–Crippen MR) is 122 cm³/mol. The normalized spacial score (nSPS) is 13.5. The van der Waals surface area contributed by atoms with Crippen LogP contribution in [0.5, 0.6) is 0 Å². The fraction of sp³-hybridized carbons (Fsp3) is 0.0741. The summed E-state index contributed by atoms with van der Waals surface area (Å²) in [6.07, 6.45) is 7.51. The molecular weight excluding hydrogens is 380 g/mol. The Balaban J connectivity index is 1.52. The lowest BCUT2D eigenvalue weighted by atomic mass is 9.99. The van der Waals surface area contributed by atoms with Crippen molar-refractivity contribution in [1.82, 2.24) is 19.4 Å². The molecular formula is C27H16N4. The molecule has 8 rings (SSSR count). The molecule has 0 N–H and O–H groups in total. The maximum atomic E-state index is 5.14. The molecule has 2 aliphatic carbocycles. The third-order valence-corrected chi connectivity index (χ3v) is 6.92. The molecule has 0 fully saturated rings. The van der Waals surface area contributed by atoms with E-state index in [4.69, 9.17) is 9.97 Å². The highest BCUT2D eigenvalue weighted by Gasteiger charge is 2.30. The summed E-state index contributed by atoms with van der Waals surface area (Å²) in [7, 11) is 0.